The minimum atomic E-state index is -0.0384. The van der Waals surface area contributed by atoms with Crippen LogP contribution in [0.5, 0.6) is 0 Å². The highest BCUT2D eigenvalue weighted by Crippen LogP contribution is 2.26. The SMILES string of the molecule is CC(C)(C)Nc1ncnc(N)c1Br. The number of nitrogens with one attached hydrogen (secondary N) is 1. The van der Waals surface area contributed by atoms with Gasteiger partial charge in [-0.25, -0.2) is 9.97 Å². The molecule has 1 aromatic rings. The van der Waals surface area contributed by atoms with E-state index in [9.17, 15) is 0 Å². The fourth-order valence-electron chi connectivity index (χ4n) is 0.826. The van der Waals surface area contributed by atoms with Crippen LogP contribution in [-0.2, 0) is 0 Å². The van der Waals surface area contributed by atoms with Gasteiger partial charge in [0.25, 0.3) is 0 Å². The third-order valence-corrected chi connectivity index (χ3v) is 2.09. The van der Waals surface area contributed by atoms with Crippen molar-refractivity contribution in [3.05, 3.63) is 10.8 Å². The average Bonchev–Trinajstić information content (AvgIpc) is 1.96. The van der Waals surface area contributed by atoms with Gasteiger partial charge in [-0.05, 0) is 36.7 Å². The normalized spacial score (nSPS) is 11.4. The number of aromatic nitrogens is 2. The van der Waals surface area contributed by atoms with Gasteiger partial charge in [0.05, 0.1) is 0 Å². The van der Waals surface area contributed by atoms with E-state index in [-0.39, 0.29) is 5.54 Å². The molecule has 0 radical (unpaired) electrons. The molecule has 0 aliphatic heterocycles. The van der Waals surface area contributed by atoms with Crippen molar-refractivity contribution in [2.24, 2.45) is 0 Å². The number of hydrogen-bond acceptors (Lipinski definition) is 4. The van der Waals surface area contributed by atoms with Gasteiger partial charge in [-0.1, -0.05) is 0 Å². The lowest BCUT2D eigenvalue weighted by Crippen LogP contribution is -2.27. The number of anilines is 2. The van der Waals surface area contributed by atoms with E-state index in [0.717, 1.165) is 5.82 Å². The number of halogens is 1. The minimum Gasteiger partial charge on any atom is -0.383 e. The molecule has 0 amide bonds. The quantitative estimate of drug-likeness (QED) is 0.794. The topological polar surface area (TPSA) is 63.8 Å². The summed E-state index contributed by atoms with van der Waals surface area (Å²) in [6.07, 6.45) is 1.44. The van der Waals surface area contributed by atoms with E-state index in [2.05, 4.69) is 52.0 Å². The van der Waals surface area contributed by atoms with Crippen LogP contribution in [0.2, 0.25) is 0 Å². The second kappa shape index (κ2) is 3.49. The number of nitrogen functional groups attached to an aromatic ring is 1. The van der Waals surface area contributed by atoms with Crippen LogP contribution in [0.1, 0.15) is 20.8 Å². The summed E-state index contributed by atoms with van der Waals surface area (Å²) in [5.41, 5.74) is 5.56. The van der Waals surface area contributed by atoms with Crippen LogP contribution in [0.15, 0.2) is 10.8 Å². The lowest BCUT2D eigenvalue weighted by Gasteiger charge is -2.21. The van der Waals surface area contributed by atoms with Crippen LogP contribution in [0.25, 0.3) is 0 Å². The summed E-state index contributed by atoms with van der Waals surface area (Å²) in [5.74, 6) is 1.17. The number of hydrogen-bond donors (Lipinski definition) is 2. The second-order valence-electron chi connectivity index (χ2n) is 3.80. The molecule has 0 saturated carbocycles. The zero-order valence-corrected chi connectivity index (χ0v) is 9.51. The van der Waals surface area contributed by atoms with Crippen LogP contribution >= 0.6 is 15.9 Å². The molecular formula is C8H13BrN4. The van der Waals surface area contributed by atoms with Crippen molar-refractivity contribution in [3.63, 3.8) is 0 Å². The average molecular weight is 245 g/mol. The number of rotatable bonds is 1. The Morgan fingerprint density at radius 1 is 1.38 bits per heavy atom. The van der Waals surface area contributed by atoms with Gasteiger partial charge in [0.2, 0.25) is 0 Å². The first-order chi connectivity index (χ1) is 5.90. The van der Waals surface area contributed by atoms with E-state index in [1.54, 1.807) is 0 Å². The third-order valence-electron chi connectivity index (χ3n) is 1.31. The molecule has 1 aromatic heterocycles. The van der Waals surface area contributed by atoms with Crippen molar-refractivity contribution < 1.29 is 0 Å². The number of nitrogens with zero attached hydrogens (tertiary/aromatic N) is 2. The van der Waals surface area contributed by atoms with Crippen molar-refractivity contribution in [1.29, 1.82) is 0 Å². The van der Waals surface area contributed by atoms with Gasteiger partial charge in [-0.15, -0.1) is 0 Å². The minimum absolute atomic E-state index is 0.0384. The molecule has 0 aliphatic carbocycles. The van der Waals surface area contributed by atoms with Crippen molar-refractivity contribution in [1.82, 2.24) is 9.97 Å². The molecule has 0 fully saturated rings. The monoisotopic (exact) mass is 244 g/mol. The zero-order chi connectivity index (χ0) is 10.1. The molecule has 1 heterocycles. The summed E-state index contributed by atoms with van der Waals surface area (Å²) < 4.78 is 0.713. The van der Waals surface area contributed by atoms with Crippen LogP contribution in [0, 0.1) is 0 Å². The molecule has 5 heteroatoms. The van der Waals surface area contributed by atoms with E-state index >= 15 is 0 Å². The van der Waals surface area contributed by atoms with Crippen LogP contribution in [-0.4, -0.2) is 15.5 Å². The lowest BCUT2D eigenvalue weighted by molar-refractivity contribution is 0.629. The number of nitrogens with two attached hydrogens (primary N) is 1. The molecule has 0 bridgehead atoms. The zero-order valence-electron chi connectivity index (χ0n) is 7.93. The summed E-state index contributed by atoms with van der Waals surface area (Å²) in [7, 11) is 0. The highest BCUT2D eigenvalue weighted by molar-refractivity contribution is 9.10. The van der Waals surface area contributed by atoms with E-state index in [1.807, 2.05) is 0 Å². The first-order valence-electron chi connectivity index (χ1n) is 3.94. The van der Waals surface area contributed by atoms with E-state index in [1.165, 1.54) is 6.33 Å². The molecule has 1 rings (SSSR count). The molecule has 3 N–H and O–H groups in total. The largest absolute Gasteiger partial charge is 0.383 e. The van der Waals surface area contributed by atoms with Gasteiger partial charge in [0.1, 0.15) is 22.4 Å². The van der Waals surface area contributed by atoms with Gasteiger partial charge < -0.3 is 11.1 Å². The predicted octanol–water partition coefficient (Wildman–Crippen LogP) is 2.03. The Kier molecular flexibility index (Phi) is 2.75. The standard InChI is InChI=1S/C8H13BrN4/c1-8(2,3)13-7-5(9)6(10)11-4-12-7/h4H,1-3H3,(H3,10,11,12,13). The fraction of sp³-hybridized carbons (Fsp3) is 0.500. The molecule has 0 aliphatic rings. The summed E-state index contributed by atoms with van der Waals surface area (Å²) in [4.78, 5) is 7.92. The maximum absolute atomic E-state index is 5.60. The maximum Gasteiger partial charge on any atom is 0.146 e. The predicted molar refractivity (Wildman–Crippen MR) is 57.5 cm³/mol. The van der Waals surface area contributed by atoms with E-state index in [0.29, 0.717) is 10.3 Å². The molecule has 13 heavy (non-hydrogen) atoms. The molecule has 4 nitrogen and oxygen atoms in total. The van der Waals surface area contributed by atoms with Gasteiger partial charge >= 0.3 is 0 Å². The Morgan fingerprint density at radius 3 is 2.54 bits per heavy atom. The Balaban J connectivity index is 2.96. The second-order valence-corrected chi connectivity index (χ2v) is 4.59. The van der Waals surface area contributed by atoms with Gasteiger partial charge in [0.15, 0.2) is 0 Å². The van der Waals surface area contributed by atoms with Gasteiger partial charge in [-0.2, -0.15) is 0 Å². The Labute approximate surface area is 86.1 Å². The van der Waals surface area contributed by atoms with E-state index in [4.69, 9.17) is 5.73 Å². The first-order valence-corrected chi connectivity index (χ1v) is 4.73. The molecule has 0 aromatic carbocycles. The van der Waals surface area contributed by atoms with E-state index < -0.39 is 0 Å². The highest BCUT2D eigenvalue weighted by Gasteiger charge is 2.13. The summed E-state index contributed by atoms with van der Waals surface area (Å²) in [5, 5.41) is 3.21. The van der Waals surface area contributed by atoms with Crippen LogP contribution < -0.4 is 11.1 Å². The van der Waals surface area contributed by atoms with Crippen molar-refractivity contribution >= 4 is 27.6 Å². The molecule has 72 valence electrons. The molecule has 0 spiro atoms. The van der Waals surface area contributed by atoms with Crippen molar-refractivity contribution in [2.45, 2.75) is 26.3 Å². The van der Waals surface area contributed by atoms with Crippen molar-refractivity contribution in [3.8, 4) is 0 Å². The van der Waals surface area contributed by atoms with Gasteiger partial charge in [-0.3, -0.25) is 0 Å². The van der Waals surface area contributed by atoms with Crippen LogP contribution in [0.4, 0.5) is 11.6 Å². The smallest absolute Gasteiger partial charge is 0.146 e. The Morgan fingerprint density at radius 2 is 2.00 bits per heavy atom. The first kappa shape index (κ1) is 10.2. The summed E-state index contributed by atoms with van der Waals surface area (Å²) in [6, 6.07) is 0. The Bertz CT molecular complexity index is 306. The Hall–Kier alpha value is -0.840. The van der Waals surface area contributed by atoms with Crippen LogP contribution in [0.3, 0.4) is 0 Å². The molecular weight excluding hydrogens is 232 g/mol. The summed E-state index contributed by atoms with van der Waals surface area (Å²) >= 11 is 3.32. The van der Waals surface area contributed by atoms with Gasteiger partial charge in [0, 0.05) is 5.54 Å². The molecule has 0 atom stereocenters. The highest BCUT2D eigenvalue weighted by atomic mass is 79.9. The molecule has 0 saturated heterocycles. The molecule has 0 unspecified atom stereocenters. The fourth-order valence-corrected chi connectivity index (χ4v) is 1.13. The maximum atomic E-state index is 5.60. The lowest BCUT2D eigenvalue weighted by atomic mass is 10.1. The third kappa shape index (κ3) is 2.84. The van der Waals surface area contributed by atoms with Crippen molar-refractivity contribution in [2.75, 3.05) is 11.1 Å². The summed E-state index contributed by atoms with van der Waals surface area (Å²) in [6.45, 7) is 6.16.